The molecule has 0 aromatic carbocycles. The summed E-state index contributed by atoms with van der Waals surface area (Å²) in [6, 6.07) is -0.536. The summed E-state index contributed by atoms with van der Waals surface area (Å²) < 4.78 is 4.84. The summed E-state index contributed by atoms with van der Waals surface area (Å²) >= 11 is 0. The highest BCUT2D eigenvalue weighted by atomic mass is 16.5. The van der Waals surface area contributed by atoms with Gasteiger partial charge < -0.3 is 10.1 Å². The number of carbonyl (C=O) groups is 2. The Morgan fingerprint density at radius 1 is 1.29 bits per heavy atom. The quantitative estimate of drug-likeness (QED) is 0.749. The molecule has 1 rings (SSSR count). The Morgan fingerprint density at radius 3 is 2.53 bits per heavy atom. The van der Waals surface area contributed by atoms with Crippen LogP contribution in [0, 0.1) is 5.92 Å². The van der Waals surface area contributed by atoms with Crippen molar-refractivity contribution in [1.29, 1.82) is 0 Å². The van der Waals surface area contributed by atoms with Crippen LogP contribution in [0.5, 0.6) is 0 Å². The van der Waals surface area contributed by atoms with E-state index in [1.165, 1.54) is 19.3 Å². The van der Waals surface area contributed by atoms with E-state index in [1.54, 1.807) is 13.8 Å². The Morgan fingerprint density at radius 2 is 1.94 bits per heavy atom. The molecule has 0 aliphatic heterocycles. The van der Waals surface area contributed by atoms with Crippen molar-refractivity contribution in [2.45, 2.75) is 58.4 Å². The highest BCUT2D eigenvalue weighted by molar-refractivity contribution is 5.84. The SMILES string of the molecule is CCOC(=O)C(C)NC(=O)CC1CCCCC1. The van der Waals surface area contributed by atoms with Gasteiger partial charge in [-0.1, -0.05) is 19.3 Å². The molecule has 1 N–H and O–H groups in total. The molecule has 1 amide bonds. The zero-order chi connectivity index (χ0) is 12.7. The topological polar surface area (TPSA) is 55.4 Å². The maximum Gasteiger partial charge on any atom is 0.328 e. The molecule has 1 fully saturated rings. The number of hydrogen-bond acceptors (Lipinski definition) is 3. The molecule has 0 aromatic heterocycles. The fourth-order valence-corrected chi connectivity index (χ4v) is 2.28. The van der Waals surface area contributed by atoms with E-state index >= 15 is 0 Å². The lowest BCUT2D eigenvalue weighted by atomic mass is 9.87. The number of carbonyl (C=O) groups excluding carboxylic acids is 2. The molecule has 0 aromatic rings. The second-order valence-corrected chi connectivity index (χ2v) is 4.75. The van der Waals surface area contributed by atoms with Crippen LogP contribution >= 0.6 is 0 Å². The average Bonchev–Trinajstić information content (AvgIpc) is 2.30. The van der Waals surface area contributed by atoms with Crippen LogP contribution in [0.25, 0.3) is 0 Å². The number of amides is 1. The lowest BCUT2D eigenvalue weighted by Gasteiger charge is -2.21. The second-order valence-electron chi connectivity index (χ2n) is 4.75. The second kappa shape index (κ2) is 7.30. The van der Waals surface area contributed by atoms with Crippen molar-refractivity contribution in [2.75, 3.05) is 6.61 Å². The minimum absolute atomic E-state index is 0.0301. The summed E-state index contributed by atoms with van der Waals surface area (Å²) in [5, 5.41) is 2.70. The number of ether oxygens (including phenoxy) is 1. The molecule has 1 aliphatic rings. The van der Waals surface area contributed by atoms with Crippen LogP contribution in [-0.4, -0.2) is 24.5 Å². The van der Waals surface area contributed by atoms with Crippen LogP contribution in [0.4, 0.5) is 0 Å². The molecule has 0 saturated heterocycles. The molecule has 4 heteroatoms. The third-order valence-electron chi connectivity index (χ3n) is 3.22. The first-order valence-corrected chi connectivity index (χ1v) is 6.59. The molecule has 1 saturated carbocycles. The fraction of sp³-hybridized carbons (Fsp3) is 0.846. The Labute approximate surface area is 103 Å². The minimum Gasteiger partial charge on any atom is -0.464 e. The summed E-state index contributed by atoms with van der Waals surface area (Å²) in [5.74, 6) is 0.111. The molecule has 1 aliphatic carbocycles. The van der Waals surface area contributed by atoms with Gasteiger partial charge in [0.2, 0.25) is 5.91 Å². The third-order valence-corrected chi connectivity index (χ3v) is 3.22. The highest BCUT2D eigenvalue weighted by Gasteiger charge is 2.20. The lowest BCUT2D eigenvalue weighted by molar-refractivity contribution is -0.147. The molecular formula is C13H23NO3. The monoisotopic (exact) mass is 241 g/mol. The highest BCUT2D eigenvalue weighted by Crippen LogP contribution is 2.26. The first-order valence-electron chi connectivity index (χ1n) is 6.59. The zero-order valence-corrected chi connectivity index (χ0v) is 10.8. The van der Waals surface area contributed by atoms with Crippen LogP contribution in [-0.2, 0) is 14.3 Å². The predicted octanol–water partition coefficient (Wildman–Crippen LogP) is 2.02. The molecular weight excluding hydrogens is 218 g/mol. The molecule has 1 atom stereocenters. The van der Waals surface area contributed by atoms with Gasteiger partial charge >= 0.3 is 5.97 Å². The van der Waals surface area contributed by atoms with E-state index in [0.717, 1.165) is 12.8 Å². The van der Waals surface area contributed by atoms with Gasteiger partial charge in [0, 0.05) is 6.42 Å². The van der Waals surface area contributed by atoms with Gasteiger partial charge in [-0.3, -0.25) is 4.79 Å². The molecule has 0 spiro atoms. The Hall–Kier alpha value is -1.06. The number of rotatable bonds is 5. The maximum absolute atomic E-state index is 11.7. The van der Waals surface area contributed by atoms with Crippen LogP contribution in [0.3, 0.4) is 0 Å². The first-order chi connectivity index (χ1) is 8.13. The molecule has 4 nitrogen and oxygen atoms in total. The number of hydrogen-bond donors (Lipinski definition) is 1. The van der Waals surface area contributed by atoms with Crippen molar-refractivity contribution in [3.63, 3.8) is 0 Å². The van der Waals surface area contributed by atoms with Crippen LogP contribution < -0.4 is 5.32 Å². The summed E-state index contributed by atoms with van der Waals surface area (Å²) in [4.78, 5) is 23.0. The molecule has 0 radical (unpaired) electrons. The van der Waals surface area contributed by atoms with Crippen LogP contribution in [0.1, 0.15) is 52.4 Å². The molecule has 0 heterocycles. The van der Waals surface area contributed by atoms with Crippen molar-refractivity contribution in [3.05, 3.63) is 0 Å². The number of nitrogens with one attached hydrogen (secondary N) is 1. The Kier molecular flexibility index (Phi) is 6.01. The third kappa shape index (κ3) is 5.20. The smallest absolute Gasteiger partial charge is 0.328 e. The van der Waals surface area contributed by atoms with Gasteiger partial charge in [0.1, 0.15) is 6.04 Å². The van der Waals surface area contributed by atoms with E-state index < -0.39 is 6.04 Å². The van der Waals surface area contributed by atoms with Gasteiger partial charge in [0.15, 0.2) is 0 Å². The van der Waals surface area contributed by atoms with Gasteiger partial charge in [-0.15, -0.1) is 0 Å². The van der Waals surface area contributed by atoms with Crippen LogP contribution in [0.2, 0.25) is 0 Å². The van der Waals surface area contributed by atoms with Gasteiger partial charge in [0.25, 0.3) is 0 Å². The van der Waals surface area contributed by atoms with Crippen molar-refractivity contribution >= 4 is 11.9 Å². The standard InChI is InChI=1S/C13H23NO3/c1-3-17-13(16)10(2)14-12(15)9-11-7-5-4-6-8-11/h10-11H,3-9H2,1-2H3,(H,14,15). The van der Waals surface area contributed by atoms with Crippen molar-refractivity contribution in [1.82, 2.24) is 5.32 Å². The van der Waals surface area contributed by atoms with Crippen molar-refractivity contribution in [2.24, 2.45) is 5.92 Å². The molecule has 0 bridgehead atoms. The predicted molar refractivity (Wildman–Crippen MR) is 65.4 cm³/mol. The van der Waals surface area contributed by atoms with Gasteiger partial charge in [-0.05, 0) is 32.6 Å². The summed E-state index contributed by atoms with van der Waals surface area (Å²) in [5.41, 5.74) is 0. The maximum atomic E-state index is 11.7. The van der Waals surface area contributed by atoms with Crippen LogP contribution in [0.15, 0.2) is 0 Å². The van der Waals surface area contributed by atoms with E-state index in [1.807, 2.05) is 0 Å². The molecule has 1 unspecified atom stereocenters. The average molecular weight is 241 g/mol. The summed E-state index contributed by atoms with van der Waals surface area (Å²) in [6.45, 7) is 3.77. The van der Waals surface area contributed by atoms with Gasteiger partial charge in [0.05, 0.1) is 6.61 Å². The summed E-state index contributed by atoms with van der Waals surface area (Å²) in [7, 11) is 0. The van der Waals surface area contributed by atoms with Gasteiger partial charge in [-0.25, -0.2) is 4.79 Å². The minimum atomic E-state index is -0.536. The van der Waals surface area contributed by atoms with E-state index in [-0.39, 0.29) is 11.9 Å². The van der Waals surface area contributed by atoms with E-state index in [0.29, 0.717) is 18.9 Å². The fourth-order valence-electron chi connectivity index (χ4n) is 2.28. The molecule has 17 heavy (non-hydrogen) atoms. The Bertz CT molecular complexity index is 259. The zero-order valence-electron chi connectivity index (χ0n) is 10.8. The van der Waals surface area contributed by atoms with E-state index in [2.05, 4.69) is 5.32 Å². The largest absolute Gasteiger partial charge is 0.464 e. The first kappa shape index (κ1) is 14.0. The lowest BCUT2D eigenvalue weighted by Crippen LogP contribution is -2.40. The van der Waals surface area contributed by atoms with E-state index in [4.69, 9.17) is 4.74 Å². The normalized spacial score (nSPS) is 18.5. The number of esters is 1. The molecule has 98 valence electrons. The van der Waals surface area contributed by atoms with Crippen molar-refractivity contribution in [3.8, 4) is 0 Å². The van der Waals surface area contributed by atoms with Gasteiger partial charge in [-0.2, -0.15) is 0 Å². The Balaban J connectivity index is 2.25. The van der Waals surface area contributed by atoms with Crippen molar-refractivity contribution < 1.29 is 14.3 Å². The summed E-state index contributed by atoms with van der Waals surface area (Å²) in [6.07, 6.45) is 6.57. The van der Waals surface area contributed by atoms with E-state index in [9.17, 15) is 9.59 Å².